The molecule has 0 fully saturated rings. The predicted molar refractivity (Wildman–Crippen MR) is 132 cm³/mol. The van der Waals surface area contributed by atoms with Crippen molar-refractivity contribution in [2.45, 2.75) is 57.3 Å². The first-order valence-electron chi connectivity index (χ1n) is 11.7. The van der Waals surface area contributed by atoms with E-state index in [1.807, 2.05) is 18.2 Å². The minimum Gasteiger partial charge on any atom is -0.481 e. The second-order valence-corrected chi connectivity index (χ2v) is 8.98. The number of carbonyl (C=O) groups excluding carboxylic acids is 3. The number of amides is 3. The highest BCUT2D eigenvalue weighted by Crippen LogP contribution is 2.19. The summed E-state index contributed by atoms with van der Waals surface area (Å²) < 4.78 is 0. The molecule has 4 atom stereocenters. The van der Waals surface area contributed by atoms with Crippen LogP contribution in [0.2, 0.25) is 0 Å². The molecule has 0 radical (unpaired) electrons. The number of aromatic amines is 1. The molecule has 2 aromatic rings. The number of benzene rings is 1. The Balaban J connectivity index is 2.31. The molecule has 0 aliphatic heterocycles. The number of carboxylic acid groups (broad SMARTS) is 2. The zero-order valence-electron chi connectivity index (χ0n) is 20.6. The van der Waals surface area contributed by atoms with Crippen LogP contribution in [0.5, 0.6) is 0 Å². The number of aliphatic carboxylic acids is 2. The molecule has 13 heteroatoms. The van der Waals surface area contributed by atoms with Gasteiger partial charge >= 0.3 is 11.9 Å². The van der Waals surface area contributed by atoms with E-state index in [-0.39, 0.29) is 12.8 Å². The van der Waals surface area contributed by atoms with Crippen molar-refractivity contribution < 1.29 is 39.3 Å². The number of aliphatic hydroxyl groups excluding tert-OH is 1. The van der Waals surface area contributed by atoms with Crippen LogP contribution in [-0.4, -0.2) is 80.7 Å². The SMILES string of the molecule is CC(C)C(NC(=O)C(CCC(=O)O)NC(=O)C(Cc1c[nH]c2ccccc12)NC(=O)C(N)CO)C(=O)O. The maximum Gasteiger partial charge on any atom is 0.326 e. The summed E-state index contributed by atoms with van der Waals surface area (Å²) in [6.07, 6.45) is 0.850. The van der Waals surface area contributed by atoms with Crippen molar-refractivity contribution in [2.75, 3.05) is 6.61 Å². The van der Waals surface area contributed by atoms with Gasteiger partial charge in [-0.2, -0.15) is 0 Å². The number of nitrogens with two attached hydrogens (primary N) is 1. The van der Waals surface area contributed by atoms with Crippen molar-refractivity contribution in [2.24, 2.45) is 11.7 Å². The van der Waals surface area contributed by atoms with Crippen LogP contribution in [0.25, 0.3) is 10.9 Å². The number of aliphatic hydroxyl groups is 1. The monoisotopic (exact) mass is 519 g/mol. The summed E-state index contributed by atoms with van der Waals surface area (Å²) in [5.41, 5.74) is 7.05. The van der Waals surface area contributed by atoms with Gasteiger partial charge in [0.25, 0.3) is 0 Å². The minimum absolute atomic E-state index is 0.0171. The van der Waals surface area contributed by atoms with Crippen LogP contribution in [0.4, 0.5) is 0 Å². The van der Waals surface area contributed by atoms with Gasteiger partial charge in [-0.05, 0) is 24.0 Å². The molecule has 37 heavy (non-hydrogen) atoms. The van der Waals surface area contributed by atoms with Gasteiger partial charge in [0.05, 0.1) is 6.61 Å². The van der Waals surface area contributed by atoms with Gasteiger partial charge < -0.3 is 42.0 Å². The molecule has 3 amide bonds. The molecule has 202 valence electrons. The summed E-state index contributed by atoms with van der Waals surface area (Å²) in [4.78, 5) is 64.3. The lowest BCUT2D eigenvalue weighted by Gasteiger charge is -2.25. The molecule has 1 aromatic heterocycles. The molecule has 1 heterocycles. The van der Waals surface area contributed by atoms with Crippen LogP contribution >= 0.6 is 0 Å². The summed E-state index contributed by atoms with van der Waals surface area (Å²) in [6.45, 7) is 2.50. The number of nitrogens with one attached hydrogen (secondary N) is 4. The van der Waals surface area contributed by atoms with Gasteiger partial charge in [0.1, 0.15) is 24.2 Å². The number of aromatic nitrogens is 1. The Labute approximate surface area is 212 Å². The summed E-state index contributed by atoms with van der Waals surface area (Å²) >= 11 is 0. The van der Waals surface area contributed by atoms with Crippen LogP contribution in [0.15, 0.2) is 30.5 Å². The molecule has 13 nitrogen and oxygen atoms in total. The normalized spacial score (nSPS) is 14.4. The molecule has 4 unspecified atom stereocenters. The predicted octanol–water partition coefficient (Wildman–Crippen LogP) is -0.910. The van der Waals surface area contributed by atoms with Gasteiger partial charge in [0.2, 0.25) is 17.7 Å². The highest BCUT2D eigenvalue weighted by atomic mass is 16.4. The Hall–Kier alpha value is -3.97. The van der Waals surface area contributed by atoms with Gasteiger partial charge in [-0.3, -0.25) is 19.2 Å². The van der Waals surface area contributed by atoms with E-state index in [1.54, 1.807) is 26.1 Å². The highest BCUT2D eigenvalue weighted by molar-refractivity contribution is 5.95. The molecule has 0 saturated heterocycles. The molecule has 9 N–H and O–H groups in total. The third-order valence-corrected chi connectivity index (χ3v) is 5.78. The number of hydrogen-bond donors (Lipinski definition) is 8. The van der Waals surface area contributed by atoms with E-state index >= 15 is 0 Å². The smallest absolute Gasteiger partial charge is 0.326 e. The average Bonchev–Trinajstić information content (AvgIpc) is 3.25. The maximum absolute atomic E-state index is 13.3. The fourth-order valence-corrected chi connectivity index (χ4v) is 3.67. The number of H-pyrrole nitrogens is 1. The molecule has 0 spiro atoms. The van der Waals surface area contributed by atoms with Gasteiger partial charge in [-0.25, -0.2) is 4.79 Å². The molecule has 1 aromatic carbocycles. The van der Waals surface area contributed by atoms with Crippen LogP contribution < -0.4 is 21.7 Å². The molecule has 2 rings (SSSR count). The van der Waals surface area contributed by atoms with E-state index in [0.29, 0.717) is 5.56 Å². The fourth-order valence-electron chi connectivity index (χ4n) is 3.67. The lowest BCUT2D eigenvalue weighted by atomic mass is 10.0. The number of fused-ring (bicyclic) bond motifs is 1. The molecular weight excluding hydrogens is 486 g/mol. The van der Waals surface area contributed by atoms with E-state index < -0.39 is 72.8 Å². The van der Waals surface area contributed by atoms with Crippen LogP contribution in [-0.2, 0) is 30.4 Å². The van der Waals surface area contributed by atoms with Gasteiger partial charge in [-0.1, -0.05) is 32.0 Å². The second-order valence-electron chi connectivity index (χ2n) is 8.98. The van der Waals surface area contributed by atoms with Crippen LogP contribution in [0.1, 0.15) is 32.3 Å². The first-order valence-corrected chi connectivity index (χ1v) is 11.7. The van der Waals surface area contributed by atoms with Crippen molar-refractivity contribution in [3.05, 3.63) is 36.0 Å². The van der Waals surface area contributed by atoms with Crippen molar-refractivity contribution in [3.63, 3.8) is 0 Å². The Kier molecular flexibility index (Phi) is 10.6. The molecule has 0 aliphatic rings. The summed E-state index contributed by atoms with van der Waals surface area (Å²) in [7, 11) is 0. The lowest BCUT2D eigenvalue weighted by molar-refractivity contribution is -0.144. The zero-order valence-corrected chi connectivity index (χ0v) is 20.6. The molecule has 0 aliphatic carbocycles. The average molecular weight is 520 g/mol. The molecular formula is C24H33N5O8. The molecule has 0 bridgehead atoms. The van der Waals surface area contributed by atoms with E-state index in [9.17, 15) is 34.2 Å². The van der Waals surface area contributed by atoms with Crippen molar-refractivity contribution in [3.8, 4) is 0 Å². The summed E-state index contributed by atoms with van der Waals surface area (Å²) in [6, 6.07) is 2.07. The first kappa shape index (κ1) is 29.3. The second kappa shape index (κ2) is 13.4. The summed E-state index contributed by atoms with van der Waals surface area (Å²) in [5, 5.41) is 35.7. The largest absolute Gasteiger partial charge is 0.481 e. The van der Waals surface area contributed by atoms with Gasteiger partial charge in [-0.15, -0.1) is 0 Å². The Morgan fingerprint density at radius 2 is 1.57 bits per heavy atom. The highest BCUT2D eigenvalue weighted by Gasteiger charge is 2.32. The van der Waals surface area contributed by atoms with Gasteiger partial charge in [0, 0.05) is 29.9 Å². The number of carboxylic acids is 2. The third-order valence-electron chi connectivity index (χ3n) is 5.78. The Morgan fingerprint density at radius 3 is 2.16 bits per heavy atom. The quantitative estimate of drug-likeness (QED) is 0.154. The maximum atomic E-state index is 13.3. The van der Waals surface area contributed by atoms with E-state index in [1.165, 1.54) is 0 Å². The van der Waals surface area contributed by atoms with E-state index in [2.05, 4.69) is 20.9 Å². The first-order chi connectivity index (χ1) is 17.4. The number of rotatable bonds is 14. The standard InChI is InChI=1S/C24H33N5O8/c1-12(2)20(24(36)37)29-22(34)17(7-8-19(31)32)27-23(35)18(28-21(33)15(25)11-30)9-13-10-26-16-6-4-3-5-14(13)16/h3-6,10,12,15,17-18,20,26,30H,7-9,11,25H2,1-2H3,(H,27,35)(H,28,33)(H,29,34)(H,31,32)(H,36,37). The third kappa shape index (κ3) is 8.29. The van der Waals surface area contributed by atoms with E-state index in [0.717, 1.165) is 10.9 Å². The zero-order chi connectivity index (χ0) is 27.7. The number of carbonyl (C=O) groups is 5. The number of hydrogen-bond acceptors (Lipinski definition) is 7. The summed E-state index contributed by atoms with van der Waals surface area (Å²) in [5.74, 6) is -5.48. The Bertz CT molecular complexity index is 1130. The Morgan fingerprint density at radius 1 is 0.946 bits per heavy atom. The van der Waals surface area contributed by atoms with Crippen LogP contribution in [0.3, 0.4) is 0 Å². The van der Waals surface area contributed by atoms with Gasteiger partial charge in [0.15, 0.2) is 0 Å². The lowest BCUT2D eigenvalue weighted by Crippen LogP contribution is -2.58. The minimum atomic E-state index is -1.39. The van der Waals surface area contributed by atoms with Crippen molar-refractivity contribution in [1.29, 1.82) is 0 Å². The topological polar surface area (TPSA) is 224 Å². The van der Waals surface area contributed by atoms with Crippen molar-refractivity contribution >= 4 is 40.6 Å². The molecule has 0 saturated carbocycles. The van der Waals surface area contributed by atoms with E-state index in [4.69, 9.17) is 10.8 Å². The van der Waals surface area contributed by atoms with Crippen molar-refractivity contribution in [1.82, 2.24) is 20.9 Å². The fraction of sp³-hybridized carbons (Fsp3) is 0.458. The number of para-hydroxylation sites is 1. The van der Waals surface area contributed by atoms with Crippen LogP contribution in [0, 0.1) is 5.92 Å².